The normalized spacial score (nSPS) is 12.0. The van der Waals surface area contributed by atoms with Crippen LogP contribution in [0.2, 0.25) is 0 Å². The predicted molar refractivity (Wildman–Crippen MR) is 42.5 cm³/mol. The Bertz CT molecular complexity index is 302. The highest BCUT2D eigenvalue weighted by molar-refractivity contribution is 5.06. The Balaban J connectivity index is 3.27. The topological polar surface area (TPSA) is 50.7 Å². The highest BCUT2D eigenvalue weighted by Crippen LogP contribution is 2.14. The summed E-state index contributed by atoms with van der Waals surface area (Å²) in [6.45, 7) is 5.89. The van der Waals surface area contributed by atoms with Gasteiger partial charge < -0.3 is 0 Å². The van der Waals surface area contributed by atoms with Crippen molar-refractivity contribution in [3.8, 4) is 0 Å². The average Bonchev–Trinajstić information content (AvgIpc) is 2.11. The molecule has 62 valence electrons. The van der Waals surface area contributed by atoms with Gasteiger partial charge in [-0.15, -0.1) is 0 Å². The van der Waals surface area contributed by atoms with Gasteiger partial charge >= 0.3 is 0 Å². The zero-order valence-corrected chi connectivity index (χ0v) is 7.30. The summed E-state index contributed by atoms with van der Waals surface area (Å²) in [5, 5.41) is 6.51. The summed E-state index contributed by atoms with van der Waals surface area (Å²) >= 11 is 0. The third-order valence-corrected chi connectivity index (χ3v) is 1.53. The summed E-state index contributed by atoms with van der Waals surface area (Å²) in [6.07, 6.45) is 0. The van der Waals surface area contributed by atoms with Crippen LogP contribution in [0.4, 0.5) is 0 Å². The van der Waals surface area contributed by atoms with Gasteiger partial charge in [-0.05, 0) is 0 Å². The minimum atomic E-state index is -0.172. The molecule has 0 aromatic carbocycles. The summed E-state index contributed by atoms with van der Waals surface area (Å²) in [4.78, 5) is 11.3. The van der Waals surface area contributed by atoms with E-state index in [-0.39, 0.29) is 11.0 Å². The van der Waals surface area contributed by atoms with Gasteiger partial charge in [0.25, 0.3) is 5.56 Å². The van der Waals surface area contributed by atoms with E-state index in [9.17, 15) is 4.79 Å². The van der Waals surface area contributed by atoms with E-state index in [0.717, 1.165) is 0 Å². The van der Waals surface area contributed by atoms with Crippen molar-refractivity contribution in [1.29, 1.82) is 0 Å². The molecule has 1 rings (SSSR count). The van der Waals surface area contributed by atoms with E-state index in [1.807, 2.05) is 20.8 Å². The fourth-order valence-electron chi connectivity index (χ4n) is 0.866. The largest absolute Gasteiger partial charge is 0.289 e. The van der Waals surface area contributed by atoms with Crippen LogP contribution in [0.25, 0.3) is 0 Å². The van der Waals surface area contributed by atoms with Crippen molar-refractivity contribution in [2.24, 2.45) is 7.05 Å². The molecule has 11 heavy (non-hydrogen) atoms. The molecular formula is C7H13N3O. The summed E-state index contributed by atoms with van der Waals surface area (Å²) in [7, 11) is 1.66. The summed E-state index contributed by atoms with van der Waals surface area (Å²) < 4.78 is 1.38. The fraction of sp³-hybridized carbons (Fsp3) is 0.714. The second kappa shape index (κ2) is 2.22. The number of nitrogens with one attached hydrogen (secondary N) is 1. The predicted octanol–water partition coefficient (Wildman–Crippen LogP) is 0.406. The monoisotopic (exact) mass is 155 g/mol. The molecule has 0 fully saturated rings. The Labute approximate surface area is 65.2 Å². The van der Waals surface area contributed by atoms with E-state index in [1.165, 1.54) is 4.68 Å². The molecule has 1 aromatic rings. The average molecular weight is 155 g/mol. The van der Waals surface area contributed by atoms with Crippen LogP contribution in [-0.2, 0) is 12.5 Å². The molecule has 0 radical (unpaired) electrons. The molecule has 0 saturated carbocycles. The number of rotatable bonds is 0. The van der Waals surface area contributed by atoms with Crippen molar-refractivity contribution in [1.82, 2.24) is 15.0 Å². The minimum Gasteiger partial charge on any atom is -0.266 e. The lowest BCUT2D eigenvalue weighted by atomic mass is 9.93. The maximum atomic E-state index is 11.3. The summed E-state index contributed by atoms with van der Waals surface area (Å²) in [5.74, 6) is 0. The van der Waals surface area contributed by atoms with Crippen molar-refractivity contribution in [3.05, 3.63) is 16.0 Å². The first-order valence-electron chi connectivity index (χ1n) is 3.55. The van der Waals surface area contributed by atoms with Gasteiger partial charge in [-0.3, -0.25) is 4.79 Å². The molecule has 0 aliphatic heterocycles. The van der Waals surface area contributed by atoms with Crippen molar-refractivity contribution in [2.75, 3.05) is 0 Å². The second-order valence-corrected chi connectivity index (χ2v) is 3.67. The lowest BCUT2D eigenvalue weighted by molar-refractivity contribution is 0.562. The molecule has 4 heteroatoms. The number of nitrogens with zero attached hydrogens (tertiary/aromatic N) is 2. The van der Waals surface area contributed by atoms with E-state index in [2.05, 4.69) is 10.3 Å². The molecule has 1 heterocycles. The van der Waals surface area contributed by atoms with Crippen LogP contribution in [0.1, 0.15) is 26.5 Å². The molecule has 0 aliphatic carbocycles. The number of hydrogen-bond acceptors (Lipinski definition) is 2. The third kappa shape index (κ3) is 1.34. The van der Waals surface area contributed by atoms with Crippen LogP contribution in [0, 0.1) is 0 Å². The molecule has 0 aliphatic rings. The second-order valence-electron chi connectivity index (χ2n) is 3.67. The summed E-state index contributed by atoms with van der Waals surface area (Å²) in [6, 6.07) is 0. The van der Waals surface area contributed by atoms with E-state index in [4.69, 9.17) is 0 Å². The zero-order valence-electron chi connectivity index (χ0n) is 7.30. The molecule has 0 bridgehead atoms. The first-order valence-corrected chi connectivity index (χ1v) is 3.55. The molecule has 1 aromatic heterocycles. The van der Waals surface area contributed by atoms with Gasteiger partial charge in [0.1, 0.15) is 5.69 Å². The van der Waals surface area contributed by atoms with Gasteiger partial charge in [0, 0.05) is 12.5 Å². The molecule has 0 spiro atoms. The van der Waals surface area contributed by atoms with Crippen LogP contribution in [0.3, 0.4) is 0 Å². The van der Waals surface area contributed by atoms with E-state index >= 15 is 0 Å². The molecular weight excluding hydrogens is 142 g/mol. The smallest absolute Gasteiger partial charge is 0.266 e. The van der Waals surface area contributed by atoms with Gasteiger partial charge in [-0.2, -0.15) is 5.10 Å². The Morgan fingerprint density at radius 1 is 1.45 bits per heavy atom. The number of hydrogen-bond donors (Lipinski definition) is 1. The maximum Gasteiger partial charge on any atom is 0.289 e. The lowest BCUT2D eigenvalue weighted by Crippen LogP contribution is -2.24. The van der Waals surface area contributed by atoms with Crippen LogP contribution in [-0.4, -0.2) is 15.0 Å². The molecule has 0 amide bonds. The van der Waals surface area contributed by atoms with Gasteiger partial charge in [-0.1, -0.05) is 20.8 Å². The van der Waals surface area contributed by atoms with Crippen LogP contribution in [0.5, 0.6) is 0 Å². The van der Waals surface area contributed by atoms with Gasteiger partial charge in [0.05, 0.1) is 0 Å². The van der Waals surface area contributed by atoms with E-state index in [0.29, 0.717) is 5.69 Å². The number of aromatic nitrogens is 3. The molecule has 0 atom stereocenters. The number of H-pyrrole nitrogens is 1. The minimum absolute atomic E-state index is 0.0440. The van der Waals surface area contributed by atoms with Crippen molar-refractivity contribution in [3.63, 3.8) is 0 Å². The van der Waals surface area contributed by atoms with Crippen LogP contribution >= 0.6 is 0 Å². The molecule has 0 saturated heterocycles. The third-order valence-electron chi connectivity index (χ3n) is 1.53. The Morgan fingerprint density at radius 2 is 2.00 bits per heavy atom. The van der Waals surface area contributed by atoms with Crippen LogP contribution in [0.15, 0.2) is 4.79 Å². The van der Waals surface area contributed by atoms with Gasteiger partial charge in [-0.25, -0.2) is 9.90 Å². The first kappa shape index (κ1) is 8.04. The van der Waals surface area contributed by atoms with Crippen molar-refractivity contribution >= 4 is 0 Å². The van der Waals surface area contributed by atoms with Crippen molar-refractivity contribution in [2.45, 2.75) is 26.2 Å². The maximum absolute atomic E-state index is 11.3. The Hall–Kier alpha value is -1.06. The summed E-state index contributed by atoms with van der Waals surface area (Å²) in [5.41, 5.74) is 0.368. The van der Waals surface area contributed by atoms with Gasteiger partial charge in [0.2, 0.25) is 0 Å². The standard InChI is InChI=1S/C7H13N3O/c1-7(2,3)5-6(11)10(4)9-8-5/h9H,1-4H3. The highest BCUT2D eigenvalue weighted by atomic mass is 16.1. The Morgan fingerprint density at radius 3 is 2.18 bits per heavy atom. The Kier molecular flexibility index (Phi) is 1.62. The lowest BCUT2D eigenvalue weighted by Gasteiger charge is -2.11. The zero-order chi connectivity index (χ0) is 8.65. The SMILES string of the molecule is Cn1[nH]nc(C(C)(C)C)c1=O. The first-order chi connectivity index (χ1) is 4.93. The molecule has 1 N–H and O–H groups in total. The highest BCUT2D eigenvalue weighted by Gasteiger charge is 2.21. The number of aromatic amines is 1. The quantitative estimate of drug-likeness (QED) is 0.589. The number of aryl methyl sites for hydroxylation is 1. The molecule has 4 nitrogen and oxygen atoms in total. The van der Waals surface area contributed by atoms with Crippen LogP contribution < -0.4 is 5.56 Å². The van der Waals surface area contributed by atoms with E-state index in [1.54, 1.807) is 7.05 Å². The molecule has 0 unspecified atom stereocenters. The van der Waals surface area contributed by atoms with Gasteiger partial charge in [0.15, 0.2) is 0 Å². The fourth-order valence-corrected chi connectivity index (χ4v) is 0.866. The van der Waals surface area contributed by atoms with Crippen molar-refractivity contribution < 1.29 is 0 Å². The van der Waals surface area contributed by atoms with E-state index < -0.39 is 0 Å².